The van der Waals surface area contributed by atoms with Crippen LogP contribution < -0.4 is 10.6 Å². The van der Waals surface area contributed by atoms with Crippen molar-refractivity contribution in [3.8, 4) is 11.1 Å². The molecule has 0 radical (unpaired) electrons. The number of carbonyl (C=O) groups is 1. The number of aliphatic hydroxyl groups excluding tert-OH is 2. The topological polar surface area (TPSA) is 81.6 Å². The molecule has 0 saturated carbocycles. The normalized spacial score (nSPS) is 11.8. The first-order valence-corrected chi connectivity index (χ1v) is 6.89. The molecule has 0 spiro atoms. The molecule has 23 heavy (non-hydrogen) atoms. The summed E-state index contributed by atoms with van der Waals surface area (Å²) in [5.74, 6) is -1.39. The lowest BCUT2D eigenvalue weighted by Crippen LogP contribution is -2.36. The van der Waals surface area contributed by atoms with Crippen LogP contribution in [0.2, 0.25) is 0 Å². The second-order valence-corrected chi connectivity index (χ2v) is 4.85. The molecule has 0 aliphatic heterocycles. The Morgan fingerprint density at radius 1 is 1.13 bits per heavy atom. The molecule has 0 heterocycles. The fraction of sp³-hybridized carbons (Fsp3) is 0.188. The van der Waals surface area contributed by atoms with Gasteiger partial charge in [0.2, 0.25) is 0 Å². The molecule has 4 N–H and O–H groups in total. The van der Waals surface area contributed by atoms with Crippen LogP contribution >= 0.6 is 0 Å². The van der Waals surface area contributed by atoms with Gasteiger partial charge < -0.3 is 20.8 Å². The number of hydrogen-bond donors (Lipinski definition) is 4. The van der Waals surface area contributed by atoms with Gasteiger partial charge in [-0.3, -0.25) is 0 Å². The van der Waals surface area contributed by atoms with E-state index in [2.05, 4.69) is 10.6 Å². The summed E-state index contributed by atoms with van der Waals surface area (Å²) in [6.45, 7) is -0.591. The van der Waals surface area contributed by atoms with Crippen molar-refractivity contribution in [1.82, 2.24) is 5.32 Å². The average Bonchev–Trinajstić information content (AvgIpc) is 2.53. The summed E-state index contributed by atoms with van der Waals surface area (Å²) >= 11 is 0. The molecule has 0 bridgehead atoms. The molecular formula is C16H16F2N2O3. The molecule has 0 unspecified atom stereocenters. The van der Waals surface area contributed by atoms with Gasteiger partial charge in [-0.25, -0.2) is 13.6 Å². The Morgan fingerprint density at radius 3 is 2.43 bits per heavy atom. The molecule has 122 valence electrons. The fourth-order valence-electron chi connectivity index (χ4n) is 1.98. The Hall–Kier alpha value is -2.51. The quantitative estimate of drug-likeness (QED) is 0.680. The summed E-state index contributed by atoms with van der Waals surface area (Å²) in [6, 6.07) is 9.05. The van der Waals surface area contributed by atoms with Crippen LogP contribution in [-0.2, 0) is 0 Å². The molecule has 0 saturated heterocycles. The molecule has 0 fully saturated rings. The van der Waals surface area contributed by atoms with Gasteiger partial charge in [0.05, 0.1) is 18.3 Å². The lowest BCUT2D eigenvalue weighted by molar-refractivity contribution is 0.0965. The number of benzene rings is 2. The van der Waals surface area contributed by atoms with Crippen molar-refractivity contribution in [2.75, 3.05) is 18.5 Å². The Bertz CT molecular complexity index is 675. The van der Waals surface area contributed by atoms with Gasteiger partial charge in [0.25, 0.3) is 0 Å². The SMILES string of the molecule is O=C(NC[C@@H](O)CO)Nc1cccc(-c2c(F)cccc2F)c1. The molecule has 2 aromatic carbocycles. The zero-order valence-electron chi connectivity index (χ0n) is 12.1. The molecule has 7 heteroatoms. The summed E-state index contributed by atoms with van der Waals surface area (Å²) in [6.07, 6.45) is -1.06. The highest BCUT2D eigenvalue weighted by atomic mass is 19.1. The minimum Gasteiger partial charge on any atom is -0.394 e. The van der Waals surface area contributed by atoms with E-state index < -0.39 is 30.4 Å². The minimum atomic E-state index is -1.06. The third-order valence-corrected chi connectivity index (χ3v) is 3.08. The summed E-state index contributed by atoms with van der Waals surface area (Å²) in [5, 5.41) is 22.6. The Morgan fingerprint density at radius 2 is 1.78 bits per heavy atom. The second-order valence-electron chi connectivity index (χ2n) is 4.85. The molecular weight excluding hydrogens is 306 g/mol. The highest BCUT2D eigenvalue weighted by Crippen LogP contribution is 2.27. The number of urea groups is 1. The smallest absolute Gasteiger partial charge is 0.319 e. The lowest BCUT2D eigenvalue weighted by Gasteiger charge is -2.11. The maximum Gasteiger partial charge on any atom is 0.319 e. The van der Waals surface area contributed by atoms with E-state index in [0.717, 1.165) is 12.1 Å². The van der Waals surface area contributed by atoms with Crippen molar-refractivity contribution in [3.63, 3.8) is 0 Å². The molecule has 0 aromatic heterocycles. The Balaban J connectivity index is 2.13. The van der Waals surface area contributed by atoms with E-state index in [-0.39, 0.29) is 17.7 Å². The first-order chi connectivity index (χ1) is 11.0. The maximum absolute atomic E-state index is 13.8. The van der Waals surface area contributed by atoms with Crippen LogP contribution in [-0.4, -0.2) is 35.5 Å². The molecule has 2 rings (SSSR count). The zero-order chi connectivity index (χ0) is 16.8. The van der Waals surface area contributed by atoms with E-state index in [1.807, 2.05) is 0 Å². The van der Waals surface area contributed by atoms with Gasteiger partial charge in [0.1, 0.15) is 11.6 Å². The van der Waals surface area contributed by atoms with Crippen molar-refractivity contribution in [2.24, 2.45) is 0 Å². The maximum atomic E-state index is 13.8. The van der Waals surface area contributed by atoms with Crippen LogP contribution in [0.4, 0.5) is 19.3 Å². The van der Waals surface area contributed by atoms with Crippen molar-refractivity contribution in [1.29, 1.82) is 0 Å². The second kappa shape index (κ2) is 7.66. The van der Waals surface area contributed by atoms with E-state index in [9.17, 15) is 13.6 Å². The predicted octanol–water partition coefficient (Wildman–Crippen LogP) is 2.11. The summed E-state index contributed by atoms with van der Waals surface area (Å²) < 4.78 is 27.6. The van der Waals surface area contributed by atoms with Crippen LogP contribution in [0.1, 0.15) is 0 Å². The van der Waals surface area contributed by atoms with Crippen molar-refractivity contribution in [2.45, 2.75) is 6.10 Å². The Kier molecular flexibility index (Phi) is 5.61. The highest BCUT2D eigenvalue weighted by molar-refractivity contribution is 5.90. The minimum absolute atomic E-state index is 0.121. The van der Waals surface area contributed by atoms with Crippen LogP contribution in [0.3, 0.4) is 0 Å². The lowest BCUT2D eigenvalue weighted by atomic mass is 10.0. The molecule has 0 aliphatic rings. The monoisotopic (exact) mass is 322 g/mol. The van der Waals surface area contributed by atoms with Crippen LogP contribution in [0.15, 0.2) is 42.5 Å². The third kappa shape index (κ3) is 4.48. The van der Waals surface area contributed by atoms with Crippen molar-refractivity contribution in [3.05, 3.63) is 54.1 Å². The van der Waals surface area contributed by atoms with Gasteiger partial charge in [0, 0.05) is 12.2 Å². The number of nitrogens with one attached hydrogen (secondary N) is 2. The number of anilines is 1. The number of hydrogen-bond acceptors (Lipinski definition) is 3. The fourth-order valence-corrected chi connectivity index (χ4v) is 1.98. The zero-order valence-corrected chi connectivity index (χ0v) is 12.1. The highest BCUT2D eigenvalue weighted by Gasteiger charge is 2.12. The standard InChI is InChI=1S/C16H16F2N2O3/c17-13-5-2-6-14(18)15(13)10-3-1-4-11(7-10)20-16(23)19-8-12(22)9-21/h1-7,12,21-22H,8-9H2,(H2,19,20,23)/t12-/m1/s1. The number of carbonyl (C=O) groups excluding carboxylic acids is 1. The average molecular weight is 322 g/mol. The number of aliphatic hydroxyl groups is 2. The molecule has 2 amide bonds. The summed E-state index contributed by atoms with van der Waals surface area (Å²) in [5.41, 5.74) is 0.446. The van der Waals surface area contributed by atoms with E-state index in [1.54, 1.807) is 12.1 Å². The third-order valence-electron chi connectivity index (χ3n) is 3.08. The summed E-state index contributed by atoms with van der Waals surface area (Å²) in [7, 11) is 0. The number of halogens is 2. The first-order valence-electron chi connectivity index (χ1n) is 6.89. The largest absolute Gasteiger partial charge is 0.394 e. The summed E-state index contributed by atoms with van der Waals surface area (Å²) in [4.78, 5) is 11.7. The van der Waals surface area contributed by atoms with E-state index in [4.69, 9.17) is 10.2 Å². The predicted molar refractivity (Wildman–Crippen MR) is 81.9 cm³/mol. The number of rotatable bonds is 5. The van der Waals surface area contributed by atoms with Gasteiger partial charge in [-0.15, -0.1) is 0 Å². The van der Waals surface area contributed by atoms with Gasteiger partial charge in [0.15, 0.2) is 0 Å². The van der Waals surface area contributed by atoms with Gasteiger partial charge >= 0.3 is 6.03 Å². The first kappa shape index (κ1) is 16.9. The van der Waals surface area contributed by atoms with Crippen molar-refractivity contribution < 1.29 is 23.8 Å². The van der Waals surface area contributed by atoms with Crippen LogP contribution in [0.5, 0.6) is 0 Å². The van der Waals surface area contributed by atoms with Gasteiger partial charge in [-0.2, -0.15) is 0 Å². The molecule has 5 nitrogen and oxygen atoms in total. The number of amides is 2. The molecule has 1 atom stereocenters. The van der Waals surface area contributed by atoms with E-state index >= 15 is 0 Å². The van der Waals surface area contributed by atoms with Gasteiger partial charge in [-0.1, -0.05) is 18.2 Å². The van der Waals surface area contributed by atoms with E-state index in [1.165, 1.54) is 18.2 Å². The van der Waals surface area contributed by atoms with Crippen molar-refractivity contribution >= 4 is 11.7 Å². The van der Waals surface area contributed by atoms with Crippen LogP contribution in [0, 0.1) is 11.6 Å². The van der Waals surface area contributed by atoms with Gasteiger partial charge in [-0.05, 0) is 29.8 Å². The van der Waals surface area contributed by atoms with Crippen LogP contribution in [0.25, 0.3) is 11.1 Å². The molecule has 2 aromatic rings. The Labute approximate surface area is 131 Å². The molecule has 0 aliphatic carbocycles. The van der Waals surface area contributed by atoms with E-state index in [0.29, 0.717) is 5.69 Å².